The molecule has 8 nitrogen and oxygen atoms in total. The maximum Gasteiger partial charge on any atom is 0.294 e. The van der Waals surface area contributed by atoms with Crippen LogP contribution in [0.2, 0.25) is 0 Å². The number of carbonyl (C=O) groups is 2. The number of Topliss-reactive ketones (excluding diaryl/α,β-unsaturated/α-hetero) is 1. The molecule has 0 spiro atoms. The third-order valence-electron chi connectivity index (χ3n) is 2.80. The van der Waals surface area contributed by atoms with E-state index in [4.69, 9.17) is 0 Å². The third kappa shape index (κ3) is 3.11. The molecule has 0 radical (unpaired) electrons. The van der Waals surface area contributed by atoms with Crippen LogP contribution in [0.25, 0.3) is 5.69 Å². The quantitative estimate of drug-likeness (QED) is 0.512. The van der Waals surface area contributed by atoms with Crippen molar-refractivity contribution in [1.29, 1.82) is 0 Å². The fourth-order valence-electron chi connectivity index (χ4n) is 1.70. The van der Waals surface area contributed by atoms with Gasteiger partial charge in [-0.05, 0) is 12.1 Å². The van der Waals surface area contributed by atoms with Crippen LogP contribution in [0.5, 0.6) is 0 Å². The van der Waals surface area contributed by atoms with E-state index in [1.807, 2.05) is 0 Å². The molecule has 0 saturated heterocycles. The molecule has 108 valence electrons. The van der Waals surface area contributed by atoms with Crippen LogP contribution in [-0.4, -0.2) is 26.2 Å². The van der Waals surface area contributed by atoms with Gasteiger partial charge in [-0.1, -0.05) is 6.92 Å². The molecule has 0 aliphatic carbocycles. The topological polar surface area (TPSA) is 107 Å². The minimum Gasteiger partial charge on any atom is -0.314 e. The van der Waals surface area contributed by atoms with Crippen LogP contribution in [0, 0.1) is 10.1 Å². The van der Waals surface area contributed by atoms with Crippen molar-refractivity contribution < 1.29 is 14.5 Å². The van der Waals surface area contributed by atoms with Gasteiger partial charge in [0.25, 0.3) is 11.6 Å². The zero-order valence-electron chi connectivity index (χ0n) is 11.1. The number of amides is 1. The Balaban J connectivity index is 2.36. The lowest BCUT2D eigenvalue weighted by molar-refractivity contribution is -0.383. The van der Waals surface area contributed by atoms with Gasteiger partial charge in [0.1, 0.15) is 5.69 Å². The Hall–Kier alpha value is -3.03. The predicted octanol–water partition coefficient (Wildman–Crippen LogP) is 1.70. The van der Waals surface area contributed by atoms with Crippen LogP contribution in [0.4, 0.5) is 11.4 Å². The van der Waals surface area contributed by atoms with E-state index in [9.17, 15) is 19.7 Å². The lowest BCUT2D eigenvalue weighted by Crippen LogP contribution is -2.22. The fourth-order valence-corrected chi connectivity index (χ4v) is 1.70. The SMILES string of the molecule is CCC(=O)C(=O)Nc1ccc(-n2ccnc2)cc1[N+](=O)[O-]. The smallest absolute Gasteiger partial charge is 0.294 e. The Morgan fingerprint density at radius 2 is 2.19 bits per heavy atom. The second-order valence-corrected chi connectivity index (χ2v) is 4.16. The number of ketones is 1. The monoisotopic (exact) mass is 288 g/mol. The highest BCUT2D eigenvalue weighted by Gasteiger charge is 2.19. The van der Waals surface area contributed by atoms with E-state index in [2.05, 4.69) is 10.3 Å². The lowest BCUT2D eigenvalue weighted by Gasteiger charge is -2.07. The van der Waals surface area contributed by atoms with Gasteiger partial charge in [0.2, 0.25) is 5.78 Å². The molecule has 2 aromatic rings. The van der Waals surface area contributed by atoms with E-state index in [-0.39, 0.29) is 17.8 Å². The molecule has 1 aromatic carbocycles. The van der Waals surface area contributed by atoms with Crippen molar-refractivity contribution in [3.63, 3.8) is 0 Å². The van der Waals surface area contributed by atoms with Gasteiger partial charge in [-0.15, -0.1) is 0 Å². The van der Waals surface area contributed by atoms with Crippen molar-refractivity contribution in [3.8, 4) is 5.69 Å². The maximum absolute atomic E-state index is 11.5. The van der Waals surface area contributed by atoms with Crippen molar-refractivity contribution >= 4 is 23.1 Å². The van der Waals surface area contributed by atoms with Gasteiger partial charge >= 0.3 is 0 Å². The summed E-state index contributed by atoms with van der Waals surface area (Å²) in [5, 5.41) is 13.4. The minimum absolute atomic E-state index is 0.0179. The Bertz CT molecular complexity index is 694. The summed E-state index contributed by atoms with van der Waals surface area (Å²) in [6, 6.07) is 4.27. The van der Waals surface area contributed by atoms with Crippen molar-refractivity contribution in [1.82, 2.24) is 9.55 Å². The van der Waals surface area contributed by atoms with Crippen molar-refractivity contribution in [3.05, 3.63) is 47.0 Å². The molecule has 0 saturated carbocycles. The summed E-state index contributed by atoms with van der Waals surface area (Å²) >= 11 is 0. The number of imidazole rings is 1. The van der Waals surface area contributed by atoms with E-state index in [1.54, 1.807) is 30.0 Å². The molecule has 0 fully saturated rings. The zero-order valence-corrected chi connectivity index (χ0v) is 11.1. The van der Waals surface area contributed by atoms with Gasteiger partial charge in [0, 0.05) is 24.9 Å². The molecular formula is C13H12N4O4. The first-order chi connectivity index (χ1) is 10.0. The van der Waals surface area contributed by atoms with Gasteiger partial charge in [-0.3, -0.25) is 19.7 Å². The molecule has 21 heavy (non-hydrogen) atoms. The predicted molar refractivity (Wildman–Crippen MR) is 74.1 cm³/mol. The highest BCUT2D eigenvalue weighted by Crippen LogP contribution is 2.27. The number of nitrogens with zero attached hydrogens (tertiary/aromatic N) is 3. The molecule has 0 unspecified atom stereocenters. The molecule has 2 rings (SSSR count). The number of hydrogen-bond donors (Lipinski definition) is 1. The van der Waals surface area contributed by atoms with Crippen molar-refractivity contribution in [2.75, 3.05) is 5.32 Å². The average molecular weight is 288 g/mol. The Morgan fingerprint density at radius 1 is 1.43 bits per heavy atom. The number of aromatic nitrogens is 2. The molecular weight excluding hydrogens is 276 g/mol. The fraction of sp³-hybridized carbons (Fsp3) is 0.154. The first-order valence-corrected chi connectivity index (χ1v) is 6.14. The van der Waals surface area contributed by atoms with Crippen LogP contribution < -0.4 is 5.32 Å². The Morgan fingerprint density at radius 3 is 2.76 bits per heavy atom. The molecule has 0 aliphatic rings. The zero-order chi connectivity index (χ0) is 15.4. The van der Waals surface area contributed by atoms with E-state index < -0.39 is 16.6 Å². The largest absolute Gasteiger partial charge is 0.314 e. The van der Waals surface area contributed by atoms with Gasteiger partial charge in [-0.2, -0.15) is 0 Å². The minimum atomic E-state index is -0.865. The number of carbonyl (C=O) groups excluding carboxylic acids is 2. The molecule has 1 amide bonds. The van der Waals surface area contributed by atoms with Crippen LogP contribution in [0.15, 0.2) is 36.9 Å². The summed E-state index contributed by atoms with van der Waals surface area (Å²) in [6.45, 7) is 1.54. The number of rotatable bonds is 5. The van der Waals surface area contributed by atoms with Crippen molar-refractivity contribution in [2.24, 2.45) is 0 Å². The molecule has 1 heterocycles. The molecule has 0 bridgehead atoms. The number of nitro groups is 1. The summed E-state index contributed by atoms with van der Waals surface area (Å²) in [5.41, 5.74) is 0.216. The van der Waals surface area contributed by atoms with E-state index in [1.165, 1.54) is 18.5 Å². The van der Waals surface area contributed by atoms with Crippen LogP contribution in [0.3, 0.4) is 0 Å². The molecule has 8 heteroatoms. The first kappa shape index (κ1) is 14.4. The number of nitro benzene ring substituents is 1. The highest BCUT2D eigenvalue weighted by molar-refractivity contribution is 6.40. The van der Waals surface area contributed by atoms with Gasteiger partial charge in [0.05, 0.1) is 16.9 Å². The lowest BCUT2D eigenvalue weighted by atomic mass is 10.2. The summed E-state index contributed by atoms with van der Waals surface area (Å²) in [4.78, 5) is 37.1. The van der Waals surface area contributed by atoms with Gasteiger partial charge < -0.3 is 9.88 Å². The van der Waals surface area contributed by atoms with Crippen LogP contribution in [0.1, 0.15) is 13.3 Å². The number of nitrogens with one attached hydrogen (secondary N) is 1. The average Bonchev–Trinajstić information content (AvgIpc) is 3.00. The van der Waals surface area contributed by atoms with Crippen molar-refractivity contribution in [2.45, 2.75) is 13.3 Å². The summed E-state index contributed by atoms with van der Waals surface area (Å²) < 4.78 is 1.59. The number of benzene rings is 1. The first-order valence-electron chi connectivity index (χ1n) is 6.14. The summed E-state index contributed by atoms with van der Waals surface area (Å²) in [7, 11) is 0. The second kappa shape index (κ2) is 5.95. The van der Waals surface area contributed by atoms with E-state index in [0.717, 1.165) is 0 Å². The molecule has 0 aliphatic heterocycles. The normalized spacial score (nSPS) is 10.1. The third-order valence-corrected chi connectivity index (χ3v) is 2.80. The molecule has 1 aromatic heterocycles. The standard InChI is InChI=1S/C13H12N4O4/c1-2-12(18)13(19)15-10-4-3-9(7-11(10)17(20)21)16-6-5-14-8-16/h3-8H,2H2,1H3,(H,15,19). The second-order valence-electron chi connectivity index (χ2n) is 4.16. The summed E-state index contributed by atoms with van der Waals surface area (Å²) in [5.74, 6) is -1.50. The number of hydrogen-bond acceptors (Lipinski definition) is 5. The van der Waals surface area contributed by atoms with Crippen LogP contribution in [-0.2, 0) is 9.59 Å². The van der Waals surface area contributed by atoms with Gasteiger partial charge in [0.15, 0.2) is 0 Å². The molecule has 1 N–H and O–H groups in total. The van der Waals surface area contributed by atoms with Gasteiger partial charge in [-0.25, -0.2) is 4.98 Å². The maximum atomic E-state index is 11.5. The van der Waals surface area contributed by atoms with Crippen LogP contribution >= 0.6 is 0 Å². The summed E-state index contributed by atoms with van der Waals surface area (Å²) in [6.07, 6.45) is 4.71. The number of anilines is 1. The Labute approximate surface area is 119 Å². The van der Waals surface area contributed by atoms with E-state index in [0.29, 0.717) is 5.69 Å². The Kier molecular flexibility index (Phi) is 4.07. The molecule has 0 atom stereocenters. The van der Waals surface area contributed by atoms with E-state index >= 15 is 0 Å². The highest BCUT2D eigenvalue weighted by atomic mass is 16.6.